The molecule has 0 saturated carbocycles. The highest BCUT2D eigenvalue weighted by Gasteiger charge is 2.18. The average molecular weight is 272 g/mol. The Bertz CT molecular complexity index is 596. The van der Waals surface area contributed by atoms with Crippen molar-refractivity contribution in [1.82, 2.24) is 4.98 Å². The molecule has 1 unspecified atom stereocenters. The van der Waals surface area contributed by atoms with E-state index in [1.807, 2.05) is 6.92 Å². The Morgan fingerprint density at radius 3 is 2.80 bits per heavy atom. The van der Waals surface area contributed by atoms with Gasteiger partial charge in [-0.05, 0) is 36.8 Å². The van der Waals surface area contributed by atoms with Crippen molar-refractivity contribution in [2.24, 2.45) is 0 Å². The predicted octanol–water partition coefficient (Wildman–Crippen LogP) is 2.07. The zero-order valence-corrected chi connectivity index (χ0v) is 11.3. The fraction of sp³-hybridized carbons (Fsp3) is 0.200. The van der Waals surface area contributed by atoms with Crippen LogP contribution in [0.25, 0.3) is 0 Å². The van der Waals surface area contributed by atoms with E-state index in [4.69, 9.17) is 4.74 Å². The largest absolute Gasteiger partial charge is 0.497 e. The Morgan fingerprint density at radius 2 is 2.15 bits per heavy atom. The molecule has 1 amide bonds. The van der Waals surface area contributed by atoms with E-state index in [0.29, 0.717) is 17.0 Å². The molecule has 5 nitrogen and oxygen atoms in total. The number of aliphatic hydroxyl groups excluding tert-OH is 1. The van der Waals surface area contributed by atoms with Gasteiger partial charge in [-0.25, -0.2) is 0 Å². The quantitative estimate of drug-likeness (QED) is 0.893. The number of carbonyl (C=O) groups excluding carboxylic acids is 1. The summed E-state index contributed by atoms with van der Waals surface area (Å²) in [5.41, 5.74) is 1.88. The molecule has 2 aromatic rings. The highest BCUT2D eigenvalue weighted by Crippen LogP contribution is 2.20. The summed E-state index contributed by atoms with van der Waals surface area (Å²) in [7, 11) is 1.53. The molecule has 104 valence electrons. The van der Waals surface area contributed by atoms with Crippen LogP contribution in [0.4, 0.5) is 5.69 Å². The maximum absolute atomic E-state index is 12.0. The van der Waals surface area contributed by atoms with Crippen LogP contribution in [-0.2, 0) is 4.79 Å². The molecule has 2 rings (SSSR count). The highest BCUT2D eigenvalue weighted by atomic mass is 16.5. The number of pyridine rings is 1. The summed E-state index contributed by atoms with van der Waals surface area (Å²) < 4.78 is 5.06. The molecule has 1 aromatic heterocycles. The van der Waals surface area contributed by atoms with Crippen LogP contribution >= 0.6 is 0 Å². The van der Waals surface area contributed by atoms with Crippen molar-refractivity contribution in [2.45, 2.75) is 13.0 Å². The molecule has 1 atom stereocenters. The molecule has 1 aromatic carbocycles. The van der Waals surface area contributed by atoms with Gasteiger partial charge in [0, 0.05) is 5.69 Å². The van der Waals surface area contributed by atoms with Crippen LogP contribution in [0, 0.1) is 6.92 Å². The van der Waals surface area contributed by atoms with E-state index < -0.39 is 12.0 Å². The summed E-state index contributed by atoms with van der Waals surface area (Å²) >= 11 is 0. The van der Waals surface area contributed by atoms with Crippen molar-refractivity contribution in [3.8, 4) is 5.75 Å². The van der Waals surface area contributed by atoms with Crippen molar-refractivity contribution >= 4 is 11.6 Å². The number of aromatic nitrogens is 1. The number of anilines is 1. The minimum atomic E-state index is -1.26. The van der Waals surface area contributed by atoms with E-state index in [1.165, 1.54) is 7.11 Å². The van der Waals surface area contributed by atoms with Crippen molar-refractivity contribution in [2.75, 3.05) is 12.4 Å². The zero-order valence-electron chi connectivity index (χ0n) is 11.3. The summed E-state index contributed by atoms with van der Waals surface area (Å²) in [6.45, 7) is 1.86. The number of hydrogen-bond acceptors (Lipinski definition) is 4. The van der Waals surface area contributed by atoms with E-state index >= 15 is 0 Å². The summed E-state index contributed by atoms with van der Waals surface area (Å²) in [5, 5.41) is 12.6. The first-order chi connectivity index (χ1) is 9.60. The molecular formula is C15H16N2O3. The van der Waals surface area contributed by atoms with E-state index in [2.05, 4.69) is 10.3 Å². The predicted molar refractivity (Wildman–Crippen MR) is 75.6 cm³/mol. The Balaban J connectivity index is 2.09. The number of carbonyl (C=O) groups is 1. The van der Waals surface area contributed by atoms with E-state index in [0.717, 1.165) is 5.69 Å². The summed E-state index contributed by atoms with van der Waals surface area (Å²) in [4.78, 5) is 16.0. The van der Waals surface area contributed by atoms with Gasteiger partial charge in [-0.15, -0.1) is 0 Å². The Hall–Kier alpha value is -2.40. The maximum atomic E-state index is 12.0. The summed E-state index contributed by atoms with van der Waals surface area (Å²) in [6.07, 6.45) is 0.289. The third-order valence-corrected chi connectivity index (χ3v) is 2.84. The lowest BCUT2D eigenvalue weighted by Gasteiger charge is -2.12. The number of nitrogens with one attached hydrogen (secondary N) is 1. The monoisotopic (exact) mass is 272 g/mol. The van der Waals surface area contributed by atoms with Gasteiger partial charge in [0.25, 0.3) is 5.91 Å². The number of nitrogens with zero attached hydrogens (tertiary/aromatic N) is 1. The molecule has 20 heavy (non-hydrogen) atoms. The van der Waals surface area contributed by atoms with E-state index in [-0.39, 0.29) is 0 Å². The number of hydrogen-bond donors (Lipinski definition) is 2. The van der Waals surface area contributed by atoms with Crippen LogP contribution in [0.1, 0.15) is 17.4 Å². The number of benzene rings is 1. The summed E-state index contributed by atoms with van der Waals surface area (Å²) in [6, 6.07) is 10.3. The third-order valence-electron chi connectivity index (χ3n) is 2.84. The minimum absolute atomic E-state index is 0.474. The van der Waals surface area contributed by atoms with Crippen LogP contribution in [0.2, 0.25) is 0 Å². The van der Waals surface area contributed by atoms with Crippen LogP contribution in [0.3, 0.4) is 0 Å². The first kappa shape index (κ1) is 14.0. The van der Waals surface area contributed by atoms with Crippen molar-refractivity contribution < 1.29 is 14.6 Å². The van der Waals surface area contributed by atoms with Gasteiger partial charge in [0.2, 0.25) is 0 Å². The lowest BCUT2D eigenvalue weighted by atomic mass is 10.1. The molecule has 0 aliphatic heterocycles. The molecule has 0 spiro atoms. The second-order valence-electron chi connectivity index (χ2n) is 4.36. The zero-order chi connectivity index (χ0) is 14.5. The Morgan fingerprint density at radius 1 is 1.35 bits per heavy atom. The number of aliphatic hydroxyl groups is 1. The molecule has 0 aliphatic carbocycles. The number of amides is 1. The molecular weight excluding hydrogens is 256 g/mol. The second-order valence-corrected chi connectivity index (χ2v) is 4.36. The van der Waals surface area contributed by atoms with Crippen molar-refractivity contribution in [3.05, 3.63) is 53.9 Å². The highest BCUT2D eigenvalue weighted by molar-refractivity contribution is 5.94. The van der Waals surface area contributed by atoms with E-state index in [1.54, 1.807) is 42.6 Å². The van der Waals surface area contributed by atoms with Gasteiger partial charge < -0.3 is 15.2 Å². The van der Waals surface area contributed by atoms with Crippen molar-refractivity contribution in [3.63, 3.8) is 0 Å². The van der Waals surface area contributed by atoms with Gasteiger partial charge in [0.05, 0.1) is 19.0 Å². The lowest BCUT2D eigenvalue weighted by Crippen LogP contribution is -2.20. The Kier molecular flexibility index (Phi) is 4.32. The van der Waals surface area contributed by atoms with Gasteiger partial charge in [0.1, 0.15) is 5.75 Å². The molecule has 0 fully saturated rings. The van der Waals surface area contributed by atoms with Crippen LogP contribution in [-0.4, -0.2) is 23.1 Å². The first-order valence-electron chi connectivity index (χ1n) is 6.15. The first-order valence-corrected chi connectivity index (χ1v) is 6.15. The number of methoxy groups -OCH3 is 1. The molecule has 2 N–H and O–H groups in total. The molecule has 0 radical (unpaired) electrons. The van der Waals surface area contributed by atoms with Crippen molar-refractivity contribution in [1.29, 1.82) is 0 Å². The van der Waals surface area contributed by atoms with Crippen LogP contribution < -0.4 is 10.1 Å². The number of aryl methyl sites for hydroxylation is 1. The van der Waals surface area contributed by atoms with Crippen LogP contribution in [0.5, 0.6) is 5.75 Å². The smallest absolute Gasteiger partial charge is 0.257 e. The second kappa shape index (κ2) is 6.16. The standard InChI is InChI=1S/C15H16N2O3/c1-10-6-7-12(9-16-10)17-15(19)14(18)11-4-3-5-13(8-11)20-2/h3-9,14,18H,1-2H3,(H,17,19). The third kappa shape index (κ3) is 3.33. The molecule has 0 saturated heterocycles. The SMILES string of the molecule is COc1cccc(C(O)C(=O)Nc2ccc(C)nc2)c1. The average Bonchev–Trinajstić information content (AvgIpc) is 2.48. The maximum Gasteiger partial charge on any atom is 0.257 e. The normalized spacial score (nSPS) is 11.8. The molecule has 5 heteroatoms. The fourth-order valence-electron chi connectivity index (χ4n) is 1.72. The van der Waals surface area contributed by atoms with Crippen LogP contribution in [0.15, 0.2) is 42.6 Å². The van der Waals surface area contributed by atoms with Gasteiger partial charge in [0.15, 0.2) is 6.10 Å². The Labute approximate surface area is 117 Å². The number of ether oxygens (including phenoxy) is 1. The summed E-state index contributed by atoms with van der Waals surface area (Å²) in [5.74, 6) is 0.0789. The van der Waals surface area contributed by atoms with Gasteiger partial charge in [-0.1, -0.05) is 12.1 Å². The fourth-order valence-corrected chi connectivity index (χ4v) is 1.72. The molecule has 0 aliphatic rings. The van der Waals surface area contributed by atoms with Gasteiger partial charge in [-0.3, -0.25) is 9.78 Å². The molecule has 0 bridgehead atoms. The minimum Gasteiger partial charge on any atom is -0.497 e. The molecule has 1 heterocycles. The lowest BCUT2D eigenvalue weighted by molar-refractivity contribution is -0.124. The van der Waals surface area contributed by atoms with Gasteiger partial charge in [-0.2, -0.15) is 0 Å². The van der Waals surface area contributed by atoms with E-state index in [9.17, 15) is 9.90 Å². The van der Waals surface area contributed by atoms with Gasteiger partial charge >= 0.3 is 0 Å². The topological polar surface area (TPSA) is 71.5 Å². The number of rotatable bonds is 4.